The number of likely N-dealkylation sites (N-methyl/N-ethyl adjacent to an activating group) is 1. The highest BCUT2D eigenvalue weighted by molar-refractivity contribution is 6.24. The van der Waals surface area contributed by atoms with E-state index in [0.717, 1.165) is 24.5 Å². The van der Waals surface area contributed by atoms with Crippen molar-refractivity contribution in [1.29, 1.82) is 0 Å². The lowest BCUT2D eigenvalue weighted by Gasteiger charge is -2.37. The molecule has 0 atom stereocenters. The normalized spacial score (nSPS) is 14.9. The first-order valence-electron chi connectivity index (χ1n) is 8.59. The van der Waals surface area contributed by atoms with Gasteiger partial charge in [-0.15, -0.1) is 11.6 Å². The summed E-state index contributed by atoms with van der Waals surface area (Å²) in [6.45, 7) is 8.07. The molecule has 25 heavy (non-hydrogen) atoms. The van der Waals surface area contributed by atoms with E-state index in [1.807, 2.05) is 24.0 Å². The molecule has 0 aliphatic carbocycles. The third-order valence-corrected chi connectivity index (χ3v) is 4.40. The van der Waals surface area contributed by atoms with Crippen molar-refractivity contribution in [3.63, 3.8) is 0 Å². The Labute approximate surface area is 155 Å². The molecule has 1 amide bonds. The van der Waals surface area contributed by atoms with E-state index in [9.17, 15) is 4.79 Å². The lowest BCUT2D eigenvalue weighted by molar-refractivity contribution is -0.132. The Morgan fingerprint density at radius 1 is 1.32 bits per heavy atom. The summed E-state index contributed by atoms with van der Waals surface area (Å²) in [5, 5.41) is 5.93. The number of ether oxygens (including phenoxy) is 1. The van der Waals surface area contributed by atoms with Crippen LogP contribution in [0.2, 0.25) is 0 Å². The summed E-state index contributed by atoms with van der Waals surface area (Å²) in [5.41, 5.74) is 2.31. The summed E-state index contributed by atoms with van der Waals surface area (Å²) in [6, 6.07) is 6.22. The number of hydrazone groups is 1. The van der Waals surface area contributed by atoms with Gasteiger partial charge < -0.3 is 14.5 Å². The number of benzene rings is 1. The van der Waals surface area contributed by atoms with Gasteiger partial charge in [0.2, 0.25) is 5.91 Å². The fourth-order valence-electron chi connectivity index (χ4n) is 2.88. The van der Waals surface area contributed by atoms with Crippen molar-refractivity contribution in [3.8, 4) is 5.75 Å². The van der Waals surface area contributed by atoms with E-state index >= 15 is 0 Å². The molecule has 2 rings (SSSR count). The molecular formula is C18H27ClN4O2. The van der Waals surface area contributed by atoms with Crippen molar-refractivity contribution in [1.82, 2.24) is 9.91 Å². The molecule has 1 aromatic rings. The second-order valence-electron chi connectivity index (χ2n) is 6.01. The summed E-state index contributed by atoms with van der Waals surface area (Å²) in [4.78, 5) is 16.7. The number of alkyl halides is 1. The number of carbonyl (C=O) groups excluding carboxylic acids is 1. The number of amides is 1. The first-order valence-corrected chi connectivity index (χ1v) is 9.12. The summed E-state index contributed by atoms with van der Waals surface area (Å²) >= 11 is 5.61. The minimum absolute atomic E-state index is 0.107. The zero-order valence-corrected chi connectivity index (χ0v) is 16.0. The van der Waals surface area contributed by atoms with Crippen molar-refractivity contribution in [2.45, 2.75) is 13.8 Å². The molecule has 7 heteroatoms. The van der Waals surface area contributed by atoms with Gasteiger partial charge in [0.25, 0.3) is 0 Å². The van der Waals surface area contributed by atoms with Crippen LogP contribution in [0.15, 0.2) is 23.3 Å². The topological polar surface area (TPSA) is 48.4 Å². The summed E-state index contributed by atoms with van der Waals surface area (Å²) < 4.78 is 5.35. The number of halogens is 1. The van der Waals surface area contributed by atoms with Gasteiger partial charge in [0.15, 0.2) is 0 Å². The van der Waals surface area contributed by atoms with Gasteiger partial charge in [0, 0.05) is 50.7 Å². The van der Waals surface area contributed by atoms with E-state index in [-0.39, 0.29) is 5.91 Å². The molecule has 0 spiro atoms. The van der Waals surface area contributed by atoms with E-state index in [2.05, 4.69) is 23.0 Å². The minimum atomic E-state index is 0.107. The van der Waals surface area contributed by atoms with Crippen molar-refractivity contribution in [3.05, 3.63) is 23.8 Å². The van der Waals surface area contributed by atoms with Crippen molar-refractivity contribution in [2.24, 2.45) is 5.10 Å². The zero-order valence-electron chi connectivity index (χ0n) is 15.2. The standard InChI is InChI=1S/C18H27ClN4O2/c1-4-23(20-6-5-19)14-18(24)22-9-7-21(8-10-22)16-11-15(2)12-17(13-16)25-3/h6,11-13H,4-5,7-10,14H2,1-3H3/b20-6-. The smallest absolute Gasteiger partial charge is 0.243 e. The van der Waals surface area contributed by atoms with Gasteiger partial charge in [0.1, 0.15) is 12.3 Å². The fourth-order valence-corrected chi connectivity index (χ4v) is 2.94. The minimum Gasteiger partial charge on any atom is -0.497 e. The molecule has 0 bridgehead atoms. The molecule has 138 valence electrons. The van der Waals surface area contributed by atoms with E-state index in [4.69, 9.17) is 16.3 Å². The van der Waals surface area contributed by atoms with Gasteiger partial charge in [-0.3, -0.25) is 9.80 Å². The van der Waals surface area contributed by atoms with E-state index in [1.54, 1.807) is 18.3 Å². The molecule has 6 nitrogen and oxygen atoms in total. The van der Waals surface area contributed by atoms with E-state index < -0.39 is 0 Å². The number of hydrogen-bond donors (Lipinski definition) is 0. The van der Waals surface area contributed by atoms with Crippen LogP contribution in [0, 0.1) is 6.92 Å². The Kier molecular flexibility index (Phi) is 7.37. The van der Waals surface area contributed by atoms with Crippen LogP contribution in [0.5, 0.6) is 5.75 Å². The van der Waals surface area contributed by atoms with Gasteiger partial charge in [-0.2, -0.15) is 5.10 Å². The Balaban J connectivity index is 1.91. The average molecular weight is 367 g/mol. The van der Waals surface area contributed by atoms with Crippen LogP contribution < -0.4 is 9.64 Å². The highest BCUT2D eigenvalue weighted by Crippen LogP contribution is 2.24. The average Bonchev–Trinajstić information content (AvgIpc) is 2.64. The van der Waals surface area contributed by atoms with E-state index in [1.165, 1.54) is 5.56 Å². The van der Waals surface area contributed by atoms with Gasteiger partial charge in [0.05, 0.1) is 13.0 Å². The lowest BCUT2D eigenvalue weighted by atomic mass is 10.1. The second-order valence-corrected chi connectivity index (χ2v) is 6.32. The summed E-state index contributed by atoms with van der Waals surface area (Å²) in [6.07, 6.45) is 1.61. The van der Waals surface area contributed by atoms with Crippen LogP contribution in [-0.2, 0) is 4.79 Å². The molecule has 1 saturated heterocycles. The molecule has 0 radical (unpaired) electrons. The number of methoxy groups -OCH3 is 1. The molecule has 1 aromatic carbocycles. The number of nitrogens with zero attached hydrogens (tertiary/aromatic N) is 4. The predicted octanol–water partition coefficient (Wildman–Crippen LogP) is 2.20. The molecule has 0 saturated carbocycles. The first kappa shape index (κ1) is 19.4. The molecule has 0 aromatic heterocycles. The highest BCUT2D eigenvalue weighted by Gasteiger charge is 2.22. The Bertz CT molecular complexity index is 601. The van der Waals surface area contributed by atoms with Crippen LogP contribution in [0.25, 0.3) is 0 Å². The quantitative estimate of drug-likeness (QED) is 0.421. The predicted molar refractivity (Wildman–Crippen MR) is 103 cm³/mol. The Morgan fingerprint density at radius 3 is 2.64 bits per heavy atom. The van der Waals surface area contributed by atoms with Crippen molar-refractivity contribution >= 4 is 29.4 Å². The molecule has 0 N–H and O–H groups in total. The maximum atomic E-state index is 12.5. The largest absolute Gasteiger partial charge is 0.497 e. The van der Waals surface area contributed by atoms with Crippen molar-refractivity contribution in [2.75, 3.05) is 57.2 Å². The highest BCUT2D eigenvalue weighted by atomic mass is 35.5. The number of rotatable bonds is 7. The molecule has 1 aliphatic rings. The molecule has 1 fully saturated rings. The van der Waals surface area contributed by atoms with Crippen LogP contribution in [0.1, 0.15) is 12.5 Å². The van der Waals surface area contributed by atoms with Gasteiger partial charge in [-0.05, 0) is 31.5 Å². The van der Waals surface area contributed by atoms with Crippen LogP contribution in [-0.4, -0.2) is 74.3 Å². The Hall–Kier alpha value is -1.95. The monoisotopic (exact) mass is 366 g/mol. The molecule has 0 unspecified atom stereocenters. The third-order valence-electron chi connectivity index (χ3n) is 4.27. The summed E-state index contributed by atoms with van der Waals surface area (Å²) in [5.74, 6) is 1.32. The molecular weight excluding hydrogens is 340 g/mol. The zero-order chi connectivity index (χ0) is 18.2. The number of hydrogen-bond acceptors (Lipinski definition) is 5. The third kappa shape index (κ3) is 5.53. The second kappa shape index (κ2) is 9.51. The lowest BCUT2D eigenvalue weighted by Crippen LogP contribution is -2.51. The number of aryl methyl sites for hydroxylation is 1. The Morgan fingerprint density at radius 2 is 2.04 bits per heavy atom. The van der Waals surface area contributed by atoms with Gasteiger partial charge in [-0.1, -0.05) is 0 Å². The van der Waals surface area contributed by atoms with Crippen LogP contribution in [0.4, 0.5) is 5.69 Å². The van der Waals surface area contributed by atoms with Crippen molar-refractivity contribution < 1.29 is 9.53 Å². The molecule has 1 aliphatic heterocycles. The molecule has 1 heterocycles. The summed E-state index contributed by atoms with van der Waals surface area (Å²) in [7, 11) is 1.68. The van der Waals surface area contributed by atoms with Crippen LogP contribution >= 0.6 is 11.6 Å². The number of anilines is 1. The first-order chi connectivity index (χ1) is 12.1. The maximum absolute atomic E-state index is 12.5. The maximum Gasteiger partial charge on any atom is 0.243 e. The van der Waals surface area contributed by atoms with Gasteiger partial charge in [-0.25, -0.2) is 0 Å². The number of piperazine rings is 1. The van der Waals surface area contributed by atoms with Gasteiger partial charge >= 0.3 is 0 Å². The fraction of sp³-hybridized carbons (Fsp3) is 0.556. The number of carbonyl (C=O) groups is 1. The van der Waals surface area contributed by atoms with E-state index in [0.29, 0.717) is 32.1 Å². The van der Waals surface area contributed by atoms with Crippen LogP contribution in [0.3, 0.4) is 0 Å². The SMILES string of the molecule is CCN(CC(=O)N1CCN(c2cc(C)cc(OC)c2)CC1)/N=C\CCl.